The van der Waals surface area contributed by atoms with Crippen molar-refractivity contribution >= 4 is 15.9 Å². The van der Waals surface area contributed by atoms with Gasteiger partial charge in [-0.25, -0.2) is 0 Å². The van der Waals surface area contributed by atoms with Gasteiger partial charge in [-0.1, -0.05) is 22.0 Å². The highest BCUT2D eigenvalue weighted by atomic mass is 79.9. The Bertz CT molecular complexity index is 380. The lowest BCUT2D eigenvalue weighted by atomic mass is 9.74. The largest absolute Gasteiger partial charge is 0.317 e. The number of nitrogens with one attached hydrogen (secondary N) is 1. The molecule has 0 radical (unpaired) electrons. The number of benzene rings is 1. The fourth-order valence-corrected chi connectivity index (χ4v) is 3.63. The Labute approximate surface area is 99.4 Å². The summed E-state index contributed by atoms with van der Waals surface area (Å²) >= 11 is 3.56. The van der Waals surface area contributed by atoms with Gasteiger partial charge >= 0.3 is 0 Å². The second-order valence-electron chi connectivity index (χ2n) is 4.83. The summed E-state index contributed by atoms with van der Waals surface area (Å²) in [5, 5.41) is 3.47. The molecule has 0 unspecified atom stereocenters. The Morgan fingerprint density at radius 1 is 1.13 bits per heavy atom. The highest BCUT2D eigenvalue weighted by molar-refractivity contribution is 9.10. The van der Waals surface area contributed by atoms with Gasteiger partial charge in [-0.15, -0.1) is 0 Å². The Morgan fingerprint density at radius 2 is 1.93 bits per heavy atom. The number of hydrogen-bond acceptors (Lipinski definition) is 1. The maximum atomic E-state index is 3.56. The van der Waals surface area contributed by atoms with Gasteiger partial charge in [0.05, 0.1) is 0 Å². The van der Waals surface area contributed by atoms with E-state index in [1.54, 1.807) is 11.1 Å². The van der Waals surface area contributed by atoms with Crippen LogP contribution in [-0.4, -0.2) is 13.1 Å². The molecule has 0 amide bonds. The summed E-state index contributed by atoms with van der Waals surface area (Å²) in [5.74, 6) is 0. The summed E-state index contributed by atoms with van der Waals surface area (Å²) in [5.41, 5.74) is 3.72. The molecule has 1 heterocycles. The van der Waals surface area contributed by atoms with E-state index in [2.05, 4.69) is 39.4 Å². The molecule has 1 aromatic carbocycles. The number of halogens is 1. The summed E-state index contributed by atoms with van der Waals surface area (Å²) in [6, 6.07) is 6.86. The van der Waals surface area contributed by atoms with Crippen LogP contribution >= 0.6 is 15.9 Å². The van der Waals surface area contributed by atoms with Crippen molar-refractivity contribution in [3.8, 4) is 0 Å². The predicted octanol–water partition coefficient (Wildman–Crippen LogP) is 3.02. The summed E-state index contributed by atoms with van der Waals surface area (Å²) in [7, 11) is 0. The average molecular weight is 266 g/mol. The van der Waals surface area contributed by atoms with Gasteiger partial charge in [0.1, 0.15) is 0 Å². The maximum Gasteiger partial charge on any atom is 0.0178 e. The monoisotopic (exact) mass is 265 g/mol. The third-order valence-electron chi connectivity index (χ3n) is 4.07. The first-order valence-electron chi connectivity index (χ1n) is 5.80. The highest BCUT2D eigenvalue weighted by Crippen LogP contribution is 2.45. The van der Waals surface area contributed by atoms with Gasteiger partial charge in [0.25, 0.3) is 0 Å². The van der Waals surface area contributed by atoms with E-state index < -0.39 is 0 Å². The van der Waals surface area contributed by atoms with Gasteiger partial charge in [-0.3, -0.25) is 0 Å². The van der Waals surface area contributed by atoms with Crippen LogP contribution in [0.15, 0.2) is 22.7 Å². The normalized spacial score (nSPS) is 23.0. The van der Waals surface area contributed by atoms with Gasteiger partial charge in [0.15, 0.2) is 0 Å². The van der Waals surface area contributed by atoms with Crippen molar-refractivity contribution in [2.24, 2.45) is 0 Å². The van der Waals surface area contributed by atoms with Crippen molar-refractivity contribution < 1.29 is 0 Å². The van der Waals surface area contributed by atoms with Crippen LogP contribution in [0.3, 0.4) is 0 Å². The van der Waals surface area contributed by atoms with Crippen molar-refractivity contribution in [3.63, 3.8) is 0 Å². The van der Waals surface area contributed by atoms with Crippen molar-refractivity contribution in [2.45, 2.75) is 31.1 Å². The molecule has 1 saturated heterocycles. The zero-order valence-corrected chi connectivity index (χ0v) is 10.4. The zero-order chi connectivity index (χ0) is 10.3. The molecule has 80 valence electrons. The first-order chi connectivity index (χ1) is 7.30. The van der Waals surface area contributed by atoms with Crippen molar-refractivity contribution in [2.75, 3.05) is 13.1 Å². The Kier molecular flexibility index (Phi) is 2.37. The highest BCUT2D eigenvalue weighted by Gasteiger charge is 2.39. The van der Waals surface area contributed by atoms with Gasteiger partial charge in [0, 0.05) is 4.47 Å². The molecule has 2 aliphatic rings. The molecule has 0 aromatic heterocycles. The van der Waals surface area contributed by atoms with Crippen LogP contribution in [-0.2, 0) is 11.8 Å². The zero-order valence-electron chi connectivity index (χ0n) is 8.85. The van der Waals surface area contributed by atoms with E-state index >= 15 is 0 Å². The maximum absolute atomic E-state index is 3.56. The fourth-order valence-electron chi connectivity index (χ4n) is 3.22. The standard InChI is InChI=1S/C13H16BrN/c14-11-1-2-12-10(9-11)3-4-13(12)5-7-15-8-6-13/h1-2,9,15H,3-8H2. The summed E-state index contributed by atoms with van der Waals surface area (Å²) in [4.78, 5) is 0. The number of fused-ring (bicyclic) bond motifs is 2. The minimum absolute atomic E-state index is 0.515. The Balaban J connectivity index is 2.03. The first kappa shape index (κ1) is 9.86. The number of aryl methyl sites for hydroxylation is 1. The van der Waals surface area contributed by atoms with E-state index in [1.165, 1.54) is 43.2 Å². The molecular formula is C13H16BrN. The van der Waals surface area contributed by atoms with Crippen LogP contribution in [0.1, 0.15) is 30.4 Å². The van der Waals surface area contributed by atoms with Gasteiger partial charge < -0.3 is 5.32 Å². The third kappa shape index (κ3) is 1.55. The van der Waals surface area contributed by atoms with E-state index in [0.29, 0.717) is 5.41 Å². The van der Waals surface area contributed by atoms with Gasteiger partial charge in [0.2, 0.25) is 0 Å². The van der Waals surface area contributed by atoms with Gasteiger partial charge in [-0.2, -0.15) is 0 Å². The van der Waals surface area contributed by atoms with Crippen LogP contribution < -0.4 is 5.32 Å². The fraction of sp³-hybridized carbons (Fsp3) is 0.538. The second kappa shape index (κ2) is 3.60. The topological polar surface area (TPSA) is 12.0 Å². The van der Waals surface area contributed by atoms with Crippen LogP contribution in [0.25, 0.3) is 0 Å². The molecule has 1 aliphatic heterocycles. The molecule has 0 saturated carbocycles. The molecular weight excluding hydrogens is 250 g/mol. The Morgan fingerprint density at radius 3 is 2.73 bits per heavy atom. The molecule has 0 bridgehead atoms. The SMILES string of the molecule is Brc1ccc2c(c1)CCC21CCNCC1. The summed E-state index contributed by atoms with van der Waals surface area (Å²) in [6.45, 7) is 2.38. The average Bonchev–Trinajstić information content (AvgIpc) is 2.58. The molecule has 1 nitrogen and oxygen atoms in total. The summed E-state index contributed by atoms with van der Waals surface area (Å²) < 4.78 is 1.23. The molecule has 3 rings (SSSR count). The van der Waals surface area contributed by atoms with Crippen molar-refractivity contribution in [1.29, 1.82) is 0 Å². The second-order valence-corrected chi connectivity index (χ2v) is 5.75. The van der Waals surface area contributed by atoms with Crippen LogP contribution in [0.4, 0.5) is 0 Å². The van der Waals surface area contributed by atoms with E-state index in [1.807, 2.05) is 0 Å². The van der Waals surface area contributed by atoms with Gasteiger partial charge in [-0.05, 0) is 67.4 Å². The number of rotatable bonds is 0. The predicted molar refractivity (Wildman–Crippen MR) is 66.2 cm³/mol. The van der Waals surface area contributed by atoms with Crippen molar-refractivity contribution in [3.05, 3.63) is 33.8 Å². The lowest BCUT2D eigenvalue weighted by Gasteiger charge is -2.35. The Hall–Kier alpha value is -0.340. The lowest BCUT2D eigenvalue weighted by Crippen LogP contribution is -2.38. The quantitative estimate of drug-likeness (QED) is 0.761. The smallest absolute Gasteiger partial charge is 0.0178 e. The van der Waals surface area contributed by atoms with Crippen LogP contribution in [0.2, 0.25) is 0 Å². The van der Waals surface area contributed by atoms with E-state index in [9.17, 15) is 0 Å². The van der Waals surface area contributed by atoms with Crippen molar-refractivity contribution in [1.82, 2.24) is 5.32 Å². The number of hydrogen-bond donors (Lipinski definition) is 1. The molecule has 1 spiro atoms. The summed E-state index contributed by atoms with van der Waals surface area (Å²) in [6.07, 6.45) is 5.28. The minimum Gasteiger partial charge on any atom is -0.317 e. The molecule has 0 atom stereocenters. The van der Waals surface area contributed by atoms with Crippen LogP contribution in [0, 0.1) is 0 Å². The molecule has 15 heavy (non-hydrogen) atoms. The van der Waals surface area contributed by atoms with E-state index in [-0.39, 0.29) is 0 Å². The minimum atomic E-state index is 0.515. The molecule has 1 aromatic rings. The third-order valence-corrected chi connectivity index (χ3v) is 4.57. The molecule has 2 heteroatoms. The lowest BCUT2D eigenvalue weighted by molar-refractivity contribution is 0.306. The van der Waals surface area contributed by atoms with Crippen LogP contribution in [0.5, 0.6) is 0 Å². The van der Waals surface area contributed by atoms with E-state index in [0.717, 1.165) is 0 Å². The molecule has 1 fully saturated rings. The first-order valence-corrected chi connectivity index (χ1v) is 6.59. The molecule has 1 aliphatic carbocycles. The number of piperidine rings is 1. The molecule has 1 N–H and O–H groups in total. The van der Waals surface area contributed by atoms with E-state index in [4.69, 9.17) is 0 Å².